The van der Waals surface area contributed by atoms with E-state index in [1.165, 1.54) is 0 Å². The summed E-state index contributed by atoms with van der Waals surface area (Å²) in [6.07, 6.45) is 0.0601. The minimum absolute atomic E-state index is 0. The Hall–Kier alpha value is -0.750. The average Bonchev–Trinajstić information content (AvgIpc) is 3.01. The van der Waals surface area contributed by atoms with Gasteiger partial charge in [0.15, 0.2) is 0 Å². The van der Waals surface area contributed by atoms with Crippen LogP contribution in [0.2, 0.25) is 0 Å². The van der Waals surface area contributed by atoms with Crippen molar-refractivity contribution in [1.82, 2.24) is 10.2 Å². The van der Waals surface area contributed by atoms with Gasteiger partial charge in [0.1, 0.15) is 6.10 Å². The highest BCUT2D eigenvalue weighted by Crippen LogP contribution is 2.26. The van der Waals surface area contributed by atoms with Crippen LogP contribution in [-0.4, -0.2) is 47.7 Å². The van der Waals surface area contributed by atoms with Gasteiger partial charge in [-0.25, -0.2) is 0 Å². The molecule has 1 aromatic rings. The summed E-state index contributed by atoms with van der Waals surface area (Å²) < 4.78 is 6.00. The predicted octanol–water partition coefficient (Wildman–Crippen LogP) is 2.06. The maximum absolute atomic E-state index is 12.5. The van der Waals surface area contributed by atoms with Crippen LogP contribution in [0.3, 0.4) is 0 Å². The third-order valence-electron chi connectivity index (χ3n) is 3.76. The van der Waals surface area contributed by atoms with Crippen LogP contribution in [0.25, 0.3) is 0 Å². The summed E-state index contributed by atoms with van der Waals surface area (Å²) in [5.74, 6) is 1.96. The van der Waals surface area contributed by atoms with Gasteiger partial charge in [-0.3, -0.25) is 10.1 Å². The van der Waals surface area contributed by atoms with Gasteiger partial charge in [-0.2, -0.15) is 0 Å². The van der Waals surface area contributed by atoms with Gasteiger partial charge in [-0.1, -0.05) is 30.3 Å². The van der Waals surface area contributed by atoms with Crippen molar-refractivity contribution in [2.24, 2.45) is 0 Å². The SMILES string of the molecule is CC1CN(C(=O)[C@H]2CSCN2)CC(c2ccccc2)O1.Cl. The van der Waals surface area contributed by atoms with E-state index in [-0.39, 0.29) is 36.6 Å². The monoisotopic (exact) mass is 328 g/mol. The van der Waals surface area contributed by atoms with Crippen LogP contribution >= 0.6 is 24.2 Å². The second-order valence-electron chi connectivity index (χ2n) is 5.36. The Morgan fingerprint density at radius 2 is 2.10 bits per heavy atom. The lowest BCUT2D eigenvalue weighted by atomic mass is 10.1. The lowest BCUT2D eigenvalue weighted by molar-refractivity contribution is -0.146. The first-order valence-corrected chi connectivity index (χ1v) is 8.20. The number of nitrogens with zero attached hydrogens (tertiary/aromatic N) is 1. The number of morpholine rings is 1. The molecule has 0 saturated carbocycles. The molecule has 4 nitrogen and oxygen atoms in total. The van der Waals surface area contributed by atoms with E-state index < -0.39 is 0 Å². The summed E-state index contributed by atoms with van der Waals surface area (Å²) in [6, 6.07) is 10.1. The van der Waals surface area contributed by atoms with Gasteiger partial charge in [0.25, 0.3) is 0 Å². The second kappa shape index (κ2) is 7.49. The predicted molar refractivity (Wildman–Crippen MR) is 87.8 cm³/mol. The molecule has 2 aliphatic rings. The van der Waals surface area contributed by atoms with Crippen LogP contribution in [0.15, 0.2) is 30.3 Å². The van der Waals surface area contributed by atoms with Crippen molar-refractivity contribution in [1.29, 1.82) is 0 Å². The van der Waals surface area contributed by atoms with Gasteiger partial charge in [0.05, 0.1) is 18.7 Å². The molecule has 1 aromatic carbocycles. The average molecular weight is 329 g/mol. The first-order chi connectivity index (χ1) is 9.74. The number of carbonyl (C=O) groups is 1. The van der Waals surface area contributed by atoms with Crippen molar-refractivity contribution in [2.45, 2.75) is 25.2 Å². The third kappa shape index (κ3) is 3.92. The van der Waals surface area contributed by atoms with Crippen LogP contribution in [0.5, 0.6) is 0 Å². The summed E-state index contributed by atoms with van der Waals surface area (Å²) in [5.41, 5.74) is 1.14. The first kappa shape index (κ1) is 16.6. The zero-order valence-electron chi connectivity index (χ0n) is 12.0. The Bertz CT molecular complexity index is 468. The Morgan fingerprint density at radius 1 is 1.33 bits per heavy atom. The molecule has 6 heteroatoms. The number of hydrogen-bond acceptors (Lipinski definition) is 4. The molecule has 0 bridgehead atoms. The van der Waals surface area contributed by atoms with E-state index in [9.17, 15) is 4.79 Å². The number of hydrogen-bond donors (Lipinski definition) is 1. The Balaban J connectivity index is 0.00000161. The van der Waals surface area contributed by atoms with Gasteiger partial charge in [0, 0.05) is 18.2 Å². The fraction of sp³-hybridized carbons (Fsp3) is 0.533. The van der Waals surface area contributed by atoms with E-state index in [0.717, 1.165) is 17.2 Å². The van der Waals surface area contributed by atoms with E-state index in [0.29, 0.717) is 13.1 Å². The first-order valence-electron chi connectivity index (χ1n) is 7.04. The molecule has 3 atom stereocenters. The number of benzene rings is 1. The highest BCUT2D eigenvalue weighted by atomic mass is 35.5. The number of nitrogens with one attached hydrogen (secondary N) is 1. The standard InChI is InChI=1S/C15H20N2O2S.ClH/c1-11-7-17(15(18)13-9-20-10-16-13)8-14(19-11)12-5-3-2-4-6-12;/h2-6,11,13-14,16H,7-10H2,1H3;1H/t11?,13-,14?;/m1./s1. The summed E-state index contributed by atoms with van der Waals surface area (Å²) in [5, 5.41) is 3.25. The minimum atomic E-state index is -0.0262. The number of thioether (sulfide) groups is 1. The highest BCUT2D eigenvalue weighted by molar-refractivity contribution is 7.99. The molecular formula is C15H21ClN2O2S. The number of ether oxygens (including phenoxy) is 1. The van der Waals surface area contributed by atoms with Gasteiger partial charge in [-0.05, 0) is 12.5 Å². The van der Waals surface area contributed by atoms with E-state index in [1.54, 1.807) is 11.8 Å². The smallest absolute Gasteiger partial charge is 0.240 e. The quantitative estimate of drug-likeness (QED) is 0.902. The molecule has 2 unspecified atom stereocenters. The van der Waals surface area contributed by atoms with E-state index in [2.05, 4.69) is 17.4 Å². The van der Waals surface area contributed by atoms with Crippen molar-refractivity contribution in [2.75, 3.05) is 24.7 Å². The van der Waals surface area contributed by atoms with Crippen LogP contribution < -0.4 is 5.32 Å². The number of carbonyl (C=O) groups excluding carboxylic acids is 1. The normalized spacial score (nSPS) is 29.0. The van der Waals surface area contributed by atoms with Crippen molar-refractivity contribution >= 4 is 30.1 Å². The molecular weight excluding hydrogens is 308 g/mol. The van der Waals surface area contributed by atoms with Gasteiger partial charge in [-0.15, -0.1) is 24.2 Å². The number of amides is 1. The van der Waals surface area contributed by atoms with Crippen molar-refractivity contribution in [3.63, 3.8) is 0 Å². The maximum atomic E-state index is 12.5. The molecule has 2 aliphatic heterocycles. The van der Waals surface area contributed by atoms with E-state index in [4.69, 9.17) is 4.74 Å². The van der Waals surface area contributed by atoms with Crippen molar-refractivity contribution in [3.8, 4) is 0 Å². The summed E-state index contributed by atoms with van der Waals surface area (Å²) in [4.78, 5) is 14.5. The molecule has 1 N–H and O–H groups in total. The van der Waals surface area contributed by atoms with Crippen LogP contribution in [0.1, 0.15) is 18.6 Å². The lowest BCUT2D eigenvalue weighted by Crippen LogP contribution is -2.52. The fourth-order valence-electron chi connectivity index (χ4n) is 2.76. The fourth-order valence-corrected chi connectivity index (χ4v) is 3.69. The highest BCUT2D eigenvalue weighted by Gasteiger charge is 2.33. The molecule has 0 aliphatic carbocycles. The maximum Gasteiger partial charge on any atom is 0.240 e. The summed E-state index contributed by atoms with van der Waals surface area (Å²) in [7, 11) is 0. The van der Waals surface area contributed by atoms with Crippen molar-refractivity contribution < 1.29 is 9.53 Å². The molecule has 2 heterocycles. The minimum Gasteiger partial charge on any atom is -0.367 e. The van der Waals surface area contributed by atoms with Crippen LogP contribution in [0, 0.1) is 0 Å². The summed E-state index contributed by atoms with van der Waals surface area (Å²) in [6.45, 7) is 3.37. The van der Waals surface area contributed by atoms with Crippen molar-refractivity contribution in [3.05, 3.63) is 35.9 Å². The van der Waals surface area contributed by atoms with Gasteiger partial charge >= 0.3 is 0 Å². The molecule has 1 amide bonds. The number of halogens is 1. The molecule has 0 aromatic heterocycles. The van der Waals surface area contributed by atoms with E-state index in [1.807, 2.05) is 30.0 Å². The Morgan fingerprint density at radius 3 is 2.76 bits per heavy atom. The molecule has 0 radical (unpaired) electrons. The topological polar surface area (TPSA) is 41.6 Å². The molecule has 3 rings (SSSR count). The molecule has 2 fully saturated rings. The van der Waals surface area contributed by atoms with Crippen LogP contribution in [-0.2, 0) is 9.53 Å². The molecule has 116 valence electrons. The zero-order valence-corrected chi connectivity index (χ0v) is 13.7. The molecule has 21 heavy (non-hydrogen) atoms. The molecule has 0 spiro atoms. The van der Waals surface area contributed by atoms with E-state index >= 15 is 0 Å². The van der Waals surface area contributed by atoms with Gasteiger partial charge < -0.3 is 9.64 Å². The zero-order chi connectivity index (χ0) is 13.9. The van der Waals surface area contributed by atoms with Crippen LogP contribution in [0.4, 0.5) is 0 Å². The second-order valence-corrected chi connectivity index (χ2v) is 6.39. The molecule has 2 saturated heterocycles. The largest absolute Gasteiger partial charge is 0.367 e. The Labute approximate surface area is 136 Å². The number of rotatable bonds is 2. The summed E-state index contributed by atoms with van der Waals surface area (Å²) >= 11 is 1.78. The van der Waals surface area contributed by atoms with Gasteiger partial charge in [0.2, 0.25) is 5.91 Å². The third-order valence-corrected chi connectivity index (χ3v) is 4.70. The lowest BCUT2D eigenvalue weighted by Gasteiger charge is -2.38. The Kier molecular flexibility index (Phi) is 5.93.